The van der Waals surface area contributed by atoms with Crippen molar-refractivity contribution in [2.45, 2.75) is 62.3 Å². The first-order chi connectivity index (χ1) is 11.6. The van der Waals surface area contributed by atoms with Crippen LogP contribution in [0, 0.1) is 0 Å². The molecule has 3 nitrogen and oxygen atoms in total. The highest BCUT2D eigenvalue weighted by atomic mass is 35.5. The van der Waals surface area contributed by atoms with E-state index in [1.54, 1.807) is 0 Å². The van der Waals surface area contributed by atoms with E-state index in [0.717, 1.165) is 24.4 Å². The third kappa shape index (κ3) is 5.50. The molecule has 1 aromatic carbocycles. The molecule has 0 bridgehead atoms. The Balaban J connectivity index is 0.00000225. The molecule has 2 aliphatic rings. The lowest BCUT2D eigenvalue weighted by Crippen LogP contribution is -2.28. The molecule has 1 aromatic rings. The van der Waals surface area contributed by atoms with Crippen LogP contribution in [-0.2, 0) is 9.53 Å². The van der Waals surface area contributed by atoms with Crippen molar-refractivity contribution in [2.75, 3.05) is 13.2 Å². The highest BCUT2D eigenvalue weighted by Crippen LogP contribution is 2.37. The molecule has 1 N–H and O–H groups in total. The van der Waals surface area contributed by atoms with Gasteiger partial charge in [-0.15, -0.1) is 24.0 Å². The number of benzene rings is 1. The lowest BCUT2D eigenvalue weighted by atomic mass is 9.84. The average molecular weight is 407 g/mol. The molecule has 1 aliphatic carbocycles. The summed E-state index contributed by atoms with van der Waals surface area (Å²) in [5.74, 6) is 0.140. The highest BCUT2D eigenvalue weighted by molar-refractivity contribution is 6.32. The van der Waals surface area contributed by atoms with Gasteiger partial charge in [0.1, 0.15) is 6.61 Å². The average Bonchev–Trinajstić information content (AvgIpc) is 3.13. The molecule has 2 fully saturated rings. The van der Waals surface area contributed by atoms with Crippen molar-refractivity contribution in [2.24, 2.45) is 0 Å². The Morgan fingerprint density at radius 1 is 1.20 bits per heavy atom. The van der Waals surface area contributed by atoms with Crippen molar-refractivity contribution in [3.8, 4) is 0 Å². The standard InChI is InChI=1S/C19H25Cl2NO2.ClH/c20-17-11-14(8-9-16(17)13-5-2-1-3-6-13)18(21)19(23)24-12-15-7-4-10-22-15;/h8-9,11,13,15,18,22H,1-7,10,12H2;1H. The van der Waals surface area contributed by atoms with E-state index in [0.29, 0.717) is 18.1 Å². The van der Waals surface area contributed by atoms with Gasteiger partial charge in [-0.2, -0.15) is 0 Å². The van der Waals surface area contributed by atoms with Crippen molar-refractivity contribution >= 4 is 41.6 Å². The second-order valence-corrected chi connectivity index (χ2v) is 7.75. The second kappa shape index (κ2) is 10.0. The number of alkyl halides is 1. The summed E-state index contributed by atoms with van der Waals surface area (Å²) < 4.78 is 5.35. The van der Waals surface area contributed by atoms with E-state index in [4.69, 9.17) is 27.9 Å². The summed E-state index contributed by atoms with van der Waals surface area (Å²) in [6.07, 6.45) is 8.41. The van der Waals surface area contributed by atoms with Gasteiger partial charge in [-0.05, 0) is 55.3 Å². The van der Waals surface area contributed by atoms with E-state index >= 15 is 0 Å². The summed E-state index contributed by atoms with van der Waals surface area (Å²) in [4.78, 5) is 12.2. The fourth-order valence-electron chi connectivity index (χ4n) is 3.74. The minimum atomic E-state index is -0.802. The minimum Gasteiger partial charge on any atom is -0.463 e. The number of esters is 1. The van der Waals surface area contributed by atoms with E-state index in [2.05, 4.69) is 5.32 Å². The third-order valence-corrected chi connectivity index (χ3v) is 5.92. The maximum atomic E-state index is 12.2. The Morgan fingerprint density at radius 3 is 2.60 bits per heavy atom. The van der Waals surface area contributed by atoms with Gasteiger partial charge in [0.15, 0.2) is 5.38 Å². The Hall–Kier alpha value is -0.480. The van der Waals surface area contributed by atoms with Crippen LogP contribution in [-0.4, -0.2) is 25.2 Å². The molecule has 0 aromatic heterocycles. The van der Waals surface area contributed by atoms with E-state index in [-0.39, 0.29) is 18.4 Å². The van der Waals surface area contributed by atoms with Crippen LogP contribution in [0.5, 0.6) is 0 Å². The summed E-state index contributed by atoms with van der Waals surface area (Å²) in [7, 11) is 0. The summed E-state index contributed by atoms with van der Waals surface area (Å²) in [6, 6.07) is 6.05. The molecule has 0 amide bonds. The fourth-order valence-corrected chi connectivity index (χ4v) is 4.28. The highest BCUT2D eigenvalue weighted by Gasteiger charge is 2.24. The monoisotopic (exact) mass is 405 g/mol. The third-order valence-electron chi connectivity index (χ3n) is 5.16. The zero-order chi connectivity index (χ0) is 16.9. The molecule has 2 atom stereocenters. The van der Waals surface area contributed by atoms with Crippen LogP contribution < -0.4 is 5.32 Å². The number of carbonyl (C=O) groups is 1. The molecule has 0 spiro atoms. The molecule has 140 valence electrons. The second-order valence-electron chi connectivity index (χ2n) is 6.90. The SMILES string of the molecule is Cl.O=C(OCC1CCCN1)C(Cl)c1ccc(C2CCCCC2)c(Cl)c1. The van der Waals surface area contributed by atoms with Gasteiger partial charge in [0.2, 0.25) is 0 Å². The van der Waals surface area contributed by atoms with Crippen LogP contribution in [0.15, 0.2) is 18.2 Å². The molecule has 3 rings (SSSR count). The van der Waals surface area contributed by atoms with Gasteiger partial charge in [-0.3, -0.25) is 4.79 Å². The van der Waals surface area contributed by atoms with Gasteiger partial charge >= 0.3 is 5.97 Å². The molecular formula is C19H26Cl3NO2. The molecule has 1 saturated heterocycles. The molecule has 0 radical (unpaired) electrons. The molecule has 2 unspecified atom stereocenters. The smallest absolute Gasteiger partial charge is 0.328 e. The number of carbonyl (C=O) groups excluding carboxylic acids is 1. The molecular weight excluding hydrogens is 381 g/mol. The summed E-state index contributed by atoms with van der Waals surface area (Å²) in [6.45, 7) is 1.38. The zero-order valence-electron chi connectivity index (χ0n) is 14.3. The normalized spacial score (nSPS) is 22.2. The van der Waals surface area contributed by atoms with Crippen LogP contribution in [0.1, 0.15) is 67.4 Å². The van der Waals surface area contributed by atoms with E-state index in [1.165, 1.54) is 37.7 Å². The zero-order valence-corrected chi connectivity index (χ0v) is 16.6. The van der Waals surface area contributed by atoms with Gasteiger partial charge < -0.3 is 10.1 Å². The molecule has 6 heteroatoms. The number of nitrogens with one attached hydrogen (secondary N) is 1. The predicted octanol–water partition coefficient (Wildman–Crippen LogP) is 5.38. The van der Waals surface area contributed by atoms with Crippen LogP contribution in [0.25, 0.3) is 0 Å². The van der Waals surface area contributed by atoms with Gasteiger partial charge in [-0.1, -0.05) is 43.0 Å². The molecule has 1 saturated carbocycles. The van der Waals surface area contributed by atoms with Gasteiger partial charge in [0.05, 0.1) is 0 Å². The summed E-state index contributed by atoms with van der Waals surface area (Å²) in [5, 5.41) is 3.22. The lowest BCUT2D eigenvalue weighted by Gasteiger charge is -2.23. The maximum absolute atomic E-state index is 12.2. The van der Waals surface area contributed by atoms with Crippen molar-refractivity contribution in [3.63, 3.8) is 0 Å². The van der Waals surface area contributed by atoms with Gasteiger partial charge in [-0.25, -0.2) is 0 Å². The first kappa shape index (κ1) is 20.8. The quantitative estimate of drug-likeness (QED) is 0.526. The Bertz CT molecular complexity index is 570. The van der Waals surface area contributed by atoms with Crippen molar-refractivity contribution < 1.29 is 9.53 Å². The first-order valence-electron chi connectivity index (χ1n) is 8.98. The predicted molar refractivity (Wildman–Crippen MR) is 105 cm³/mol. The Morgan fingerprint density at radius 2 is 1.96 bits per heavy atom. The van der Waals surface area contributed by atoms with Crippen molar-refractivity contribution in [1.29, 1.82) is 0 Å². The fraction of sp³-hybridized carbons (Fsp3) is 0.632. The van der Waals surface area contributed by atoms with Gasteiger partial charge in [0, 0.05) is 11.1 Å². The van der Waals surface area contributed by atoms with Crippen LogP contribution in [0.2, 0.25) is 5.02 Å². The number of hydrogen-bond donors (Lipinski definition) is 1. The summed E-state index contributed by atoms with van der Waals surface area (Å²) in [5.41, 5.74) is 1.90. The van der Waals surface area contributed by atoms with Gasteiger partial charge in [0.25, 0.3) is 0 Å². The first-order valence-corrected chi connectivity index (χ1v) is 9.80. The van der Waals surface area contributed by atoms with Crippen LogP contribution >= 0.6 is 35.6 Å². The van der Waals surface area contributed by atoms with Crippen LogP contribution in [0.4, 0.5) is 0 Å². The van der Waals surface area contributed by atoms with Crippen LogP contribution in [0.3, 0.4) is 0 Å². The van der Waals surface area contributed by atoms with Crippen molar-refractivity contribution in [3.05, 3.63) is 34.3 Å². The number of halogens is 3. The maximum Gasteiger partial charge on any atom is 0.328 e. The topological polar surface area (TPSA) is 38.3 Å². The van der Waals surface area contributed by atoms with E-state index in [1.807, 2.05) is 18.2 Å². The lowest BCUT2D eigenvalue weighted by molar-refractivity contribution is -0.144. The number of rotatable bonds is 5. The van der Waals surface area contributed by atoms with Crippen molar-refractivity contribution in [1.82, 2.24) is 5.32 Å². The Kier molecular flexibility index (Phi) is 8.34. The van der Waals surface area contributed by atoms with E-state index in [9.17, 15) is 4.79 Å². The van der Waals surface area contributed by atoms with E-state index < -0.39 is 11.3 Å². The molecule has 1 aliphatic heterocycles. The number of ether oxygens (including phenoxy) is 1. The Labute approximate surface area is 166 Å². The summed E-state index contributed by atoms with van der Waals surface area (Å²) >= 11 is 12.8. The largest absolute Gasteiger partial charge is 0.463 e. The minimum absolute atomic E-state index is 0. The molecule has 25 heavy (non-hydrogen) atoms. The molecule has 1 heterocycles. The number of hydrogen-bond acceptors (Lipinski definition) is 3.